The van der Waals surface area contributed by atoms with Crippen LogP contribution in [0.2, 0.25) is 0 Å². The van der Waals surface area contributed by atoms with Crippen LogP contribution in [-0.2, 0) is 17.8 Å². The van der Waals surface area contributed by atoms with E-state index in [4.69, 9.17) is 4.74 Å². The number of imidazole rings is 1. The number of hydrogen-bond acceptors (Lipinski definition) is 3. The normalized spacial score (nSPS) is 12.2. The number of ether oxygens (including phenoxy) is 1. The first-order valence-electron chi connectivity index (χ1n) is 6.77. The van der Waals surface area contributed by atoms with E-state index in [1.807, 2.05) is 6.07 Å². The second-order valence-corrected chi connectivity index (χ2v) is 5.33. The van der Waals surface area contributed by atoms with Crippen LogP contribution in [0.3, 0.4) is 0 Å². The van der Waals surface area contributed by atoms with Gasteiger partial charge in [0.25, 0.3) is 0 Å². The van der Waals surface area contributed by atoms with Crippen LogP contribution in [0.1, 0.15) is 26.6 Å². The van der Waals surface area contributed by atoms with Gasteiger partial charge >= 0.3 is 0 Å². The van der Waals surface area contributed by atoms with E-state index in [0.717, 1.165) is 31.0 Å². The Balaban J connectivity index is 2.12. The molecule has 1 aromatic heterocycles. The molecule has 0 aliphatic carbocycles. The van der Waals surface area contributed by atoms with E-state index >= 15 is 0 Å². The molecule has 1 N–H and O–H groups in total. The van der Waals surface area contributed by atoms with Gasteiger partial charge in [-0.3, -0.25) is 0 Å². The SMILES string of the molecule is CCn1c(CNCC(C)(C)OC)nc2ccccc21. The molecule has 0 amide bonds. The van der Waals surface area contributed by atoms with Crippen molar-refractivity contribution < 1.29 is 4.74 Å². The summed E-state index contributed by atoms with van der Waals surface area (Å²) in [7, 11) is 1.74. The zero-order valence-electron chi connectivity index (χ0n) is 12.2. The number of nitrogens with one attached hydrogen (secondary N) is 1. The molecule has 2 aromatic rings. The molecule has 0 spiro atoms. The Morgan fingerprint density at radius 1 is 1.32 bits per heavy atom. The lowest BCUT2D eigenvalue weighted by Crippen LogP contribution is -2.36. The van der Waals surface area contributed by atoms with Crippen LogP contribution >= 0.6 is 0 Å². The first kappa shape index (κ1) is 14.0. The predicted molar refractivity (Wildman–Crippen MR) is 78.2 cm³/mol. The van der Waals surface area contributed by atoms with Gasteiger partial charge in [0, 0.05) is 20.2 Å². The first-order chi connectivity index (χ1) is 9.07. The first-order valence-corrected chi connectivity index (χ1v) is 6.77. The maximum atomic E-state index is 5.40. The molecular formula is C15H23N3O. The van der Waals surface area contributed by atoms with Crippen LogP contribution < -0.4 is 5.32 Å². The molecule has 1 heterocycles. The highest BCUT2D eigenvalue weighted by Crippen LogP contribution is 2.16. The van der Waals surface area contributed by atoms with Gasteiger partial charge in [-0.15, -0.1) is 0 Å². The van der Waals surface area contributed by atoms with Crippen molar-refractivity contribution in [3.05, 3.63) is 30.1 Å². The fraction of sp³-hybridized carbons (Fsp3) is 0.533. The molecule has 0 fully saturated rings. The highest BCUT2D eigenvalue weighted by molar-refractivity contribution is 5.75. The van der Waals surface area contributed by atoms with Crippen LogP contribution in [0.5, 0.6) is 0 Å². The average Bonchev–Trinajstić information content (AvgIpc) is 2.76. The minimum absolute atomic E-state index is 0.150. The minimum atomic E-state index is -0.150. The Labute approximate surface area is 114 Å². The van der Waals surface area contributed by atoms with Gasteiger partial charge in [0.2, 0.25) is 0 Å². The number of para-hydroxylation sites is 2. The predicted octanol–water partition coefficient (Wildman–Crippen LogP) is 2.57. The molecule has 1 aromatic carbocycles. The van der Waals surface area contributed by atoms with Gasteiger partial charge < -0.3 is 14.6 Å². The summed E-state index contributed by atoms with van der Waals surface area (Å²) in [6, 6.07) is 8.26. The van der Waals surface area contributed by atoms with Crippen LogP contribution in [0.4, 0.5) is 0 Å². The summed E-state index contributed by atoms with van der Waals surface area (Å²) in [5, 5.41) is 3.42. The third-order valence-corrected chi connectivity index (χ3v) is 3.44. The van der Waals surface area contributed by atoms with Crippen molar-refractivity contribution >= 4 is 11.0 Å². The van der Waals surface area contributed by atoms with Gasteiger partial charge in [-0.2, -0.15) is 0 Å². The molecule has 0 bridgehead atoms. The highest BCUT2D eigenvalue weighted by Gasteiger charge is 2.16. The summed E-state index contributed by atoms with van der Waals surface area (Å²) in [5.41, 5.74) is 2.11. The standard InChI is InChI=1S/C15H23N3O/c1-5-18-13-9-7-6-8-12(13)17-14(18)10-16-11-15(2,3)19-4/h6-9,16H,5,10-11H2,1-4H3. The summed E-state index contributed by atoms with van der Waals surface area (Å²) < 4.78 is 7.65. The number of benzene rings is 1. The van der Waals surface area contributed by atoms with E-state index < -0.39 is 0 Å². The van der Waals surface area contributed by atoms with Gasteiger partial charge in [0.05, 0.1) is 23.2 Å². The quantitative estimate of drug-likeness (QED) is 0.868. The Morgan fingerprint density at radius 3 is 2.74 bits per heavy atom. The largest absolute Gasteiger partial charge is 0.377 e. The summed E-state index contributed by atoms with van der Waals surface area (Å²) in [6.07, 6.45) is 0. The molecule has 0 saturated heterocycles. The van der Waals surface area contributed by atoms with Crippen molar-refractivity contribution in [2.75, 3.05) is 13.7 Å². The number of methoxy groups -OCH3 is 1. The molecule has 0 unspecified atom stereocenters. The molecule has 0 radical (unpaired) electrons. The molecule has 2 rings (SSSR count). The third kappa shape index (κ3) is 3.14. The minimum Gasteiger partial charge on any atom is -0.377 e. The lowest BCUT2D eigenvalue weighted by molar-refractivity contribution is 0.0229. The molecule has 4 nitrogen and oxygen atoms in total. The average molecular weight is 261 g/mol. The number of hydrogen-bond donors (Lipinski definition) is 1. The van der Waals surface area contributed by atoms with Crippen molar-refractivity contribution in [3.63, 3.8) is 0 Å². The number of aromatic nitrogens is 2. The summed E-state index contributed by atoms with van der Waals surface area (Å²) in [5.74, 6) is 1.08. The maximum absolute atomic E-state index is 5.40. The summed E-state index contributed by atoms with van der Waals surface area (Å²) >= 11 is 0. The van der Waals surface area contributed by atoms with E-state index in [0.29, 0.717) is 0 Å². The second-order valence-electron chi connectivity index (χ2n) is 5.33. The molecule has 0 atom stereocenters. The zero-order valence-corrected chi connectivity index (χ0v) is 12.2. The van der Waals surface area contributed by atoms with Crippen molar-refractivity contribution in [1.82, 2.24) is 14.9 Å². The van der Waals surface area contributed by atoms with Crippen molar-refractivity contribution in [3.8, 4) is 0 Å². The van der Waals surface area contributed by atoms with Gasteiger partial charge in [0.15, 0.2) is 0 Å². The number of nitrogens with zero attached hydrogens (tertiary/aromatic N) is 2. The van der Waals surface area contributed by atoms with Gasteiger partial charge in [-0.1, -0.05) is 12.1 Å². The van der Waals surface area contributed by atoms with E-state index in [1.165, 1.54) is 5.52 Å². The lowest BCUT2D eigenvalue weighted by atomic mass is 10.1. The maximum Gasteiger partial charge on any atom is 0.123 e. The smallest absolute Gasteiger partial charge is 0.123 e. The van der Waals surface area contributed by atoms with Crippen molar-refractivity contribution in [1.29, 1.82) is 0 Å². The highest BCUT2D eigenvalue weighted by atomic mass is 16.5. The van der Waals surface area contributed by atoms with Gasteiger partial charge in [-0.25, -0.2) is 4.98 Å². The lowest BCUT2D eigenvalue weighted by Gasteiger charge is -2.23. The van der Waals surface area contributed by atoms with Crippen LogP contribution in [0.25, 0.3) is 11.0 Å². The van der Waals surface area contributed by atoms with Crippen molar-refractivity contribution in [2.24, 2.45) is 0 Å². The topological polar surface area (TPSA) is 39.1 Å². The second kappa shape index (κ2) is 5.72. The van der Waals surface area contributed by atoms with E-state index in [2.05, 4.69) is 53.8 Å². The molecule has 19 heavy (non-hydrogen) atoms. The molecule has 0 aliphatic rings. The Hall–Kier alpha value is -1.39. The molecule has 0 saturated carbocycles. The zero-order chi connectivity index (χ0) is 13.9. The van der Waals surface area contributed by atoms with E-state index in [9.17, 15) is 0 Å². The Bertz CT molecular complexity index is 545. The monoisotopic (exact) mass is 261 g/mol. The molecule has 104 valence electrons. The van der Waals surface area contributed by atoms with E-state index in [1.54, 1.807) is 7.11 Å². The summed E-state index contributed by atoms with van der Waals surface area (Å²) in [6.45, 7) is 8.79. The number of rotatable bonds is 6. The van der Waals surface area contributed by atoms with Crippen LogP contribution in [0, 0.1) is 0 Å². The van der Waals surface area contributed by atoms with E-state index in [-0.39, 0.29) is 5.60 Å². The van der Waals surface area contributed by atoms with Gasteiger partial charge in [0.1, 0.15) is 5.82 Å². The summed E-state index contributed by atoms with van der Waals surface area (Å²) in [4.78, 5) is 4.69. The molecule has 4 heteroatoms. The number of aryl methyl sites for hydroxylation is 1. The Kier molecular flexibility index (Phi) is 4.22. The molecule has 0 aliphatic heterocycles. The fourth-order valence-corrected chi connectivity index (χ4v) is 2.16. The fourth-order valence-electron chi connectivity index (χ4n) is 2.16. The van der Waals surface area contributed by atoms with Crippen LogP contribution in [0.15, 0.2) is 24.3 Å². The third-order valence-electron chi connectivity index (χ3n) is 3.44. The van der Waals surface area contributed by atoms with Gasteiger partial charge in [-0.05, 0) is 32.9 Å². The van der Waals surface area contributed by atoms with Crippen LogP contribution in [-0.4, -0.2) is 28.8 Å². The Morgan fingerprint density at radius 2 is 2.05 bits per heavy atom. The number of fused-ring (bicyclic) bond motifs is 1. The van der Waals surface area contributed by atoms with Crippen molar-refractivity contribution in [2.45, 2.75) is 39.5 Å². The molecular weight excluding hydrogens is 238 g/mol.